The minimum absolute atomic E-state index is 0.0635. The van der Waals surface area contributed by atoms with E-state index >= 15 is 0 Å². The van der Waals surface area contributed by atoms with Crippen molar-refractivity contribution in [3.05, 3.63) is 35.4 Å². The molecule has 1 N–H and O–H groups in total. The van der Waals surface area contributed by atoms with Crippen LogP contribution in [0.5, 0.6) is 0 Å². The summed E-state index contributed by atoms with van der Waals surface area (Å²) < 4.78 is 0. The van der Waals surface area contributed by atoms with Crippen molar-refractivity contribution < 1.29 is 4.79 Å². The molecule has 0 bridgehead atoms. The number of hydrogen-bond donors (Lipinski definition) is 1. The summed E-state index contributed by atoms with van der Waals surface area (Å²) in [5.74, 6) is 0.884. The van der Waals surface area contributed by atoms with E-state index in [1.54, 1.807) is 0 Å². The van der Waals surface area contributed by atoms with Gasteiger partial charge in [0.05, 0.1) is 0 Å². The Balaban J connectivity index is 1.72. The molecule has 0 radical (unpaired) electrons. The molecule has 0 aromatic heterocycles. The quantitative estimate of drug-likeness (QED) is 0.811. The summed E-state index contributed by atoms with van der Waals surface area (Å²) in [5, 5.41) is 3.05. The van der Waals surface area contributed by atoms with Crippen LogP contribution in [0.3, 0.4) is 0 Å². The Kier molecular flexibility index (Phi) is 5.44. The molecule has 1 fully saturated rings. The van der Waals surface area contributed by atoms with Gasteiger partial charge in [-0.25, -0.2) is 0 Å². The third kappa shape index (κ3) is 4.70. The third-order valence-corrected chi connectivity index (χ3v) is 4.13. The van der Waals surface area contributed by atoms with Crippen LogP contribution in [0.2, 0.25) is 0 Å². The van der Waals surface area contributed by atoms with E-state index in [0.717, 1.165) is 24.4 Å². The van der Waals surface area contributed by atoms with Crippen LogP contribution in [0.1, 0.15) is 60.9 Å². The summed E-state index contributed by atoms with van der Waals surface area (Å²) in [6.45, 7) is 2.85. The van der Waals surface area contributed by atoms with Gasteiger partial charge in [0.2, 0.25) is 0 Å². The van der Waals surface area contributed by atoms with Crippen LogP contribution >= 0.6 is 0 Å². The molecule has 1 aliphatic carbocycles. The lowest BCUT2D eigenvalue weighted by Gasteiger charge is -2.14. The first-order valence-corrected chi connectivity index (χ1v) is 7.60. The van der Waals surface area contributed by atoms with Gasteiger partial charge < -0.3 is 5.32 Å². The smallest absolute Gasteiger partial charge is 0.251 e. The van der Waals surface area contributed by atoms with Crippen LogP contribution in [0.4, 0.5) is 0 Å². The van der Waals surface area contributed by atoms with Crippen LogP contribution in [-0.2, 0) is 0 Å². The maximum absolute atomic E-state index is 12.0. The van der Waals surface area contributed by atoms with E-state index in [2.05, 4.69) is 5.32 Å². The van der Waals surface area contributed by atoms with Crippen molar-refractivity contribution in [2.75, 3.05) is 6.54 Å². The molecular weight excluding hydrogens is 234 g/mol. The summed E-state index contributed by atoms with van der Waals surface area (Å²) >= 11 is 0. The van der Waals surface area contributed by atoms with Crippen molar-refractivity contribution in [3.8, 4) is 0 Å². The van der Waals surface area contributed by atoms with Gasteiger partial charge in [0.25, 0.3) is 5.91 Å². The average molecular weight is 259 g/mol. The first-order valence-electron chi connectivity index (χ1n) is 7.60. The molecule has 0 saturated heterocycles. The Morgan fingerprint density at radius 2 is 1.74 bits per heavy atom. The van der Waals surface area contributed by atoms with Crippen molar-refractivity contribution >= 4 is 5.91 Å². The zero-order valence-corrected chi connectivity index (χ0v) is 12.0. The van der Waals surface area contributed by atoms with Crippen LogP contribution in [-0.4, -0.2) is 12.5 Å². The lowest BCUT2D eigenvalue weighted by molar-refractivity contribution is 0.0951. The maximum atomic E-state index is 12.0. The lowest BCUT2D eigenvalue weighted by atomic mass is 9.97. The van der Waals surface area contributed by atoms with Gasteiger partial charge in [0.1, 0.15) is 0 Å². The fourth-order valence-corrected chi connectivity index (χ4v) is 2.85. The molecule has 2 rings (SSSR count). The summed E-state index contributed by atoms with van der Waals surface area (Å²) in [6.07, 6.45) is 9.37. The predicted molar refractivity (Wildman–Crippen MR) is 79.3 cm³/mol. The number of amides is 1. The van der Waals surface area contributed by atoms with Crippen molar-refractivity contribution in [2.45, 2.75) is 51.9 Å². The van der Waals surface area contributed by atoms with E-state index in [9.17, 15) is 4.79 Å². The summed E-state index contributed by atoms with van der Waals surface area (Å²) in [7, 11) is 0. The van der Waals surface area contributed by atoms with Gasteiger partial charge in [0, 0.05) is 12.1 Å². The molecule has 0 heterocycles. The normalized spacial score (nSPS) is 16.9. The predicted octanol–water partition coefficient (Wildman–Crippen LogP) is 4.09. The second-order valence-corrected chi connectivity index (χ2v) is 5.77. The number of carbonyl (C=O) groups is 1. The Hall–Kier alpha value is -1.31. The number of rotatable bonds is 4. The van der Waals surface area contributed by atoms with E-state index in [1.165, 1.54) is 44.1 Å². The average Bonchev–Trinajstić information content (AvgIpc) is 2.68. The van der Waals surface area contributed by atoms with Gasteiger partial charge in [-0.05, 0) is 31.4 Å². The zero-order chi connectivity index (χ0) is 13.5. The molecular formula is C17H25NO. The highest BCUT2D eigenvalue weighted by molar-refractivity contribution is 5.94. The Labute approximate surface area is 116 Å². The lowest BCUT2D eigenvalue weighted by Crippen LogP contribution is -2.25. The molecule has 2 heteroatoms. The topological polar surface area (TPSA) is 29.1 Å². The SMILES string of the molecule is Cc1ccc(C(=O)NCCC2CCCCCC2)cc1. The first-order chi connectivity index (χ1) is 9.25. The van der Waals surface area contributed by atoms with E-state index in [0.29, 0.717) is 0 Å². The van der Waals surface area contributed by atoms with E-state index in [4.69, 9.17) is 0 Å². The number of nitrogens with one attached hydrogen (secondary N) is 1. The van der Waals surface area contributed by atoms with Crippen LogP contribution in [0, 0.1) is 12.8 Å². The fourth-order valence-electron chi connectivity index (χ4n) is 2.85. The molecule has 1 aliphatic rings. The minimum Gasteiger partial charge on any atom is -0.352 e. The molecule has 0 spiro atoms. The summed E-state index contributed by atoms with van der Waals surface area (Å²) in [6, 6.07) is 7.77. The number of benzene rings is 1. The molecule has 0 atom stereocenters. The van der Waals surface area contributed by atoms with Gasteiger partial charge in [-0.2, -0.15) is 0 Å². The molecule has 1 saturated carbocycles. The Bertz CT molecular complexity index is 388. The van der Waals surface area contributed by atoms with Gasteiger partial charge >= 0.3 is 0 Å². The second kappa shape index (κ2) is 7.32. The van der Waals surface area contributed by atoms with Crippen LogP contribution in [0.15, 0.2) is 24.3 Å². The molecule has 1 amide bonds. The molecule has 104 valence electrons. The summed E-state index contributed by atoms with van der Waals surface area (Å²) in [4.78, 5) is 12.0. The zero-order valence-electron chi connectivity index (χ0n) is 12.0. The van der Waals surface area contributed by atoms with Gasteiger partial charge in [-0.3, -0.25) is 4.79 Å². The van der Waals surface area contributed by atoms with Gasteiger partial charge in [0.15, 0.2) is 0 Å². The fraction of sp³-hybridized carbons (Fsp3) is 0.588. The maximum Gasteiger partial charge on any atom is 0.251 e. The highest BCUT2D eigenvalue weighted by Crippen LogP contribution is 2.24. The monoisotopic (exact) mass is 259 g/mol. The van der Waals surface area contributed by atoms with Gasteiger partial charge in [-0.1, -0.05) is 56.2 Å². The largest absolute Gasteiger partial charge is 0.352 e. The Morgan fingerprint density at radius 1 is 1.11 bits per heavy atom. The highest BCUT2D eigenvalue weighted by Gasteiger charge is 2.12. The molecule has 1 aromatic carbocycles. The minimum atomic E-state index is 0.0635. The first kappa shape index (κ1) is 14.1. The van der Waals surface area contributed by atoms with Crippen molar-refractivity contribution in [3.63, 3.8) is 0 Å². The van der Waals surface area contributed by atoms with Crippen molar-refractivity contribution in [1.29, 1.82) is 0 Å². The van der Waals surface area contributed by atoms with Crippen LogP contribution in [0.25, 0.3) is 0 Å². The van der Waals surface area contributed by atoms with Crippen LogP contribution < -0.4 is 5.32 Å². The highest BCUT2D eigenvalue weighted by atomic mass is 16.1. The number of hydrogen-bond acceptors (Lipinski definition) is 1. The van der Waals surface area contributed by atoms with Gasteiger partial charge in [-0.15, -0.1) is 0 Å². The van der Waals surface area contributed by atoms with E-state index < -0.39 is 0 Å². The number of carbonyl (C=O) groups excluding carboxylic acids is 1. The second-order valence-electron chi connectivity index (χ2n) is 5.77. The van der Waals surface area contributed by atoms with Crippen molar-refractivity contribution in [1.82, 2.24) is 5.32 Å². The van der Waals surface area contributed by atoms with Crippen molar-refractivity contribution in [2.24, 2.45) is 5.92 Å². The molecule has 2 nitrogen and oxygen atoms in total. The number of aryl methyl sites for hydroxylation is 1. The molecule has 0 unspecified atom stereocenters. The van der Waals surface area contributed by atoms with E-state index in [-0.39, 0.29) is 5.91 Å². The van der Waals surface area contributed by atoms with E-state index in [1.807, 2.05) is 31.2 Å². The molecule has 1 aromatic rings. The standard InChI is InChI=1S/C17H25NO/c1-14-8-10-16(11-9-14)17(19)18-13-12-15-6-4-2-3-5-7-15/h8-11,15H,2-7,12-13H2,1H3,(H,18,19). The third-order valence-electron chi connectivity index (χ3n) is 4.13. The Morgan fingerprint density at radius 3 is 2.37 bits per heavy atom. The summed E-state index contributed by atoms with van der Waals surface area (Å²) in [5.41, 5.74) is 1.96. The molecule has 0 aliphatic heterocycles. The molecule has 19 heavy (non-hydrogen) atoms.